The number of rotatable bonds is 7. The first-order chi connectivity index (χ1) is 10.2. The van der Waals surface area contributed by atoms with Crippen LogP contribution in [0.1, 0.15) is 13.8 Å². The zero-order valence-corrected chi connectivity index (χ0v) is 15.1. The van der Waals surface area contributed by atoms with Crippen LogP contribution in [0.25, 0.3) is 11.0 Å². The summed E-state index contributed by atoms with van der Waals surface area (Å²) in [5, 5.41) is 2.78. The fraction of sp³-hybridized carbons (Fsp3) is 0.467. The van der Waals surface area contributed by atoms with Crippen molar-refractivity contribution < 1.29 is 4.79 Å². The van der Waals surface area contributed by atoms with Crippen LogP contribution in [-0.2, 0) is 11.3 Å². The number of carbonyl (C=O) groups is 1. The van der Waals surface area contributed by atoms with Crippen LogP contribution in [-0.4, -0.2) is 46.5 Å². The Balaban J connectivity index is 0.00000242. The number of likely N-dealkylation sites (N-methyl/N-ethyl adjacent to an activating group) is 1. The molecule has 0 aliphatic heterocycles. The van der Waals surface area contributed by atoms with Crippen molar-refractivity contribution >= 4 is 47.7 Å². The van der Waals surface area contributed by atoms with Crippen LogP contribution >= 0.6 is 24.8 Å². The minimum absolute atomic E-state index is 0. The van der Waals surface area contributed by atoms with Gasteiger partial charge in [-0.25, -0.2) is 4.98 Å². The number of hydrogen-bond acceptors (Lipinski definition) is 4. The summed E-state index contributed by atoms with van der Waals surface area (Å²) in [6.07, 6.45) is 0. The van der Waals surface area contributed by atoms with Crippen molar-refractivity contribution in [1.29, 1.82) is 0 Å². The quantitative estimate of drug-likeness (QED) is 0.791. The second-order valence-electron chi connectivity index (χ2n) is 4.85. The first kappa shape index (κ1) is 21.7. The van der Waals surface area contributed by atoms with Gasteiger partial charge in [0.2, 0.25) is 11.9 Å². The van der Waals surface area contributed by atoms with Crippen molar-refractivity contribution in [3.05, 3.63) is 24.3 Å². The van der Waals surface area contributed by atoms with Crippen molar-refractivity contribution in [2.45, 2.75) is 20.4 Å². The number of nitrogens with one attached hydrogen (secondary N) is 1. The molecule has 0 aliphatic carbocycles. The maximum Gasteiger partial charge on any atom is 0.240 e. The molecular formula is C15H25Cl2N5O. The molecule has 0 saturated carbocycles. The highest BCUT2D eigenvalue weighted by Gasteiger charge is 2.13. The summed E-state index contributed by atoms with van der Waals surface area (Å²) >= 11 is 0. The standard InChI is InChI=1S/C15H23N5O.2ClH/c1-3-19(4-2)9-10-20-13-8-6-5-7-12(13)17-15(20)18-14(21)11-16;;/h5-8H,3-4,9-11,16H2,1-2H3,(H,17,18,21);2*1H. The number of hydrogen-bond donors (Lipinski definition) is 2. The van der Waals surface area contributed by atoms with Crippen molar-refractivity contribution in [3.63, 3.8) is 0 Å². The van der Waals surface area contributed by atoms with E-state index in [0.717, 1.165) is 37.2 Å². The van der Waals surface area contributed by atoms with Gasteiger partial charge >= 0.3 is 0 Å². The highest BCUT2D eigenvalue weighted by atomic mass is 35.5. The summed E-state index contributed by atoms with van der Waals surface area (Å²) in [5.74, 6) is 0.341. The number of nitrogens with two attached hydrogens (primary N) is 1. The van der Waals surface area contributed by atoms with Crippen molar-refractivity contribution in [3.8, 4) is 0 Å². The summed E-state index contributed by atoms with van der Waals surface area (Å²) < 4.78 is 2.04. The van der Waals surface area contributed by atoms with Gasteiger partial charge in [0, 0.05) is 13.1 Å². The Labute approximate surface area is 149 Å². The highest BCUT2D eigenvalue weighted by molar-refractivity contribution is 5.92. The molecule has 3 N–H and O–H groups in total. The molecule has 0 radical (unpaired) electrons. The normalized spacial score (nSPS) is 10.3. The van der Waals surface area contributed by atoms with Gasteiger partial charge in [0.05, 0.1) is 17.6 Å². The fourth-order valence-electron chi connectivity index (χ4n) is 2.35. The Morgan fingerprint density at radius 3 is 2.52 bits per heavy atom. The van der Waals surface area contributed by atoms with E-state index >= 15 is 0 Å². The van der Waals surface area contributed by atoms with E-state index in [4.69, 9.17) is 5.73 Å². The van der Waals surface area contributed by atoms with Crippen LogP contribution in [0.4, 0.5) is 5.95 Å². The summed E-state index contributed by atoms with van der Waals surface area (Å²) in [7, 11) is 0. The largest absolute Gasteiger partial charge is 0.322 e. The highest BCUT2D eigenvalue weighted by Crippen LogP contribution is 2.19. The zero-order valence-electron chi connectivity index (χ0n) is 13.5. The molecule has 0 fully saturated rings. The first-order valence-electron chi connectivity index (χ1n) is 7.37. The van der Waals surface area contributed by atoms with Crippen molar-refractivity contribution in [2.24, 2.45) is 5.73 Å². The Bertz CT molecular complexity index is 613. The molecule has 8 heteroatoms. The van der Waals surface area contributed by atoms with E-state index < -0.39 is 0 Å². The smallest absolute Gasteiger partial charge is 0.240 e. The Morgan fingerprint density at radius 1 is 1.26 bits per heavy atom. The number of para-hydroxylation sites is 2. The fourth-order valence-corrected chi connectivity index (χ4v) is 2.35. The van der Waals surface area contributed by atoms with Gasteiger partial charge in [-0.05, 0) is 25.2 Å². The number of nitrogens with zero attached hydrogens (tertiary/aromatic N) is 3. The predicted octanol–water partition coefficient (Wildman–Crippen LogP) is 2.12. The Hall–Kier alpha value is -1.34. The van der Waals surface area contributed by atoms with Gasteiger partial charge in [0.25, 0.3) is 0 Å². The van der Waals surface area contributed by atoms with Crippen LogP contribution < -0.4 is 11.1 Å². The molecule has 0 atom stereocenters. The van der Waals surface area contributed by atoms with Gasteiger partial charge in [-0.3, -0.25) is 10.1 Å². The number of halogens is 2. The third-order valence-corrected chi connectivity index (χ3v) is 3.63. The summed E-state index contributed by atoms with van der Waals surface area (Å²) in [6.45, 7) is 7.96. The Kier molecular flexibility index (Phi) is 9.83. The summed E-state index contributed by atoms with van der Waals surface area (Å²) in [6, 6.07) is 7.88. The van der Waals surface area contributed by atoms with E-state index in [2.05, 4.69) is 29.0 Å². The van der Waals surface area contributed by atoms with Gasteiger partial charge in [-0.2, -0.15) is 0 Å². The molecule has 0 bridgehead atoms. The molecule has 2 rings (SSSR count). The number of fused-ring (bicyclic) bond motifs is 1. The lowest BCUT2D eigenvalue weighted by atomic mass is 10.3. The van der Waals surface area contributed by atoms with Gasteiger partial charge < -0.3 is 15.2 Å². The van der Waals surface area contributed by atoms with Crippen LogP contribution in [0.5, 0.6) is 0 Å². The molecule has 0 aliphatic rings. The average Bonchev–Trinajstić information content (AvgIpc) is 2.85. The SMILES string of the molecule is CCN(CC)CCn1c(NC(=O)CN)nc2ccccc21.Cl.Cl. The second kappa shape index (κ2) is 10.4. The van der Waals surface area contributed by atoms with E-state index in [1.165, 1.54) is 0 Å². The van der Waals surface area contributed by atoms with E-state index in [1.807, 2.05) is 28.8 Å². The topological polar surface area (TPSA) is 76.2 Å². The monoisotopic (exact) mass is 361 g/mol. The van der Waals surface area contributed by atoms with Crippen molar-refractivity contribution in [2.75, 3.05) is 31.5 Å². The Morgan fingerprint density at radius 2 is 1.91 bits per heavy atom. The molecule has 2 aromatic rings. The summed E-state index contributed by atoms with van der Waals surface area (Å²) in [4.78, 5) is 18.4. The molecule has 0 spiro atoms. The lowest BCUT2D eigenvalue weighted by molar-refractivity contribution is -0.115. The van der Waals surface area contributed by atoms with Crippen LogP contribution in [0, 0.1) is 0 Å². The number of benzene rings is 1. The minimum Gasteiger partial charge on any atom is -0.322 e. The van der Waals surface area contributed by atoms with Gasteiger partial charge in [0.15, 0.2) is 0 Å². The van der Waals surface area contributed by atoms with E-state index in [1.54, 1.807) is 0 Å². The predicted molar refractivity (Wildman–Crippen MR) is 99.7 cm³/mol. The number of amides is 1. The average molecular weight is 362 g/mol. The maximum absolute atomic E-state index is 11.6. The molecule has 23 heavy (non-hydrogen) atoms. The van der Waals surface area contributed by atoms with E-state index in [0.29, 0.717) is 5.95 Å². The molecule has 0 saturated heterocycles. The molecule has 1 aromatic carbocycles. The molecule has 1 heterocycles. The molecule has 1 amide bonds. The molecule has 0 unspecified atom stereocenters. The third-order valence-electron chi connectivity index (χ3n) is 3.63. The van der Waals surface area contributed by atoms with Gasteiger partial charge in [-0.15, -0.1) is 24.8 Å². The maximum atomic E-state index is 11.6. The molecule has 6 nitrogen and oxygen atoms in total. The summed E-state index contributed by atoms with van der Waals surface area (Å²) in [5.41, 5.74) is 7.28. The second-order valence-corrected chi connectivity index (χ2v) is 4.85. The molecular weight excluding hydrogens is 337 g/mol. The van der Waals surface area contributed by atoms with Crippen LogP contribution in [0.3, 0.4) is 0 Å². The third kappa shape index (κ3) is 5.35. The van der Waals surface area contributed by atoms with E-state index in [9.17, 15) is 4.79 Å². The van der Waals surface area contributed by atoms with E-state index in [-0.39, 0.29) is 37.3 Å². The first-order valence-corrected chi connectivity index (χ1v) is 7.37. The van der Waals surface area contributed by atoms with Gasteiger partial charge in [0.1, 0.15) is 0 Å². The molecule has 130 valence electrons. The number of aromatic nitrogens is 2. The number of carbonyl (C=O) groups excluding carboxylic acids is 1. The molecule has 1 aromatic heterocycles. The number of anilines is 1. The van der Waals surface area contributed by atoms with Crippen LogP contribution in [0.15, 0.2) is 24.3 Å². The lowest BCUT2D eigenvalue weighted by Gasteiger charge is -2.19. The lowest BCUT2D eigenvalue weighted by Crippen LogP contribution is -2.28. The van der Waals surface area contributed by atoms with Gasteiger partial charge in [-0.1, -0.05) is 26.0 Å². The zero-order chi connectivity index (χ0) is 15.2. The number of imidazole rings is 1. The minimum atomic E-state index is -0.227. The van der Waals surface area contributed by atoms with Crippen molar-refractivity contribution in [1.82, 2.24) is 14.5 Å². The van der Waals surface area contributed by atoms with Crippen LogP contribution in [0.2, 0.25) is 0 Å².